The van der Waals surface area contributed by atoms with Crippen LogP contribution in [0.1, 0.15) is 43.6 Å². The number of benzene rings is 2. The number of aryl methyl sites for hydroxylation is 1. The monoisotopic (exact) mass is 497 g/mol. The van der Waals surface area contributed by atoms with Crippen molar-refractivity contribution < 1.29 is 13.2 Å². The van der Waals surface area contributed by atoms with Crippen LogP contribution >= 0.6 is 0 Å². The lowest BCUT2D eigenvalue weighted by molar-refractivity contribution is 0.102. The average molecular weight is 498 g/mol. The topological polar surface area (TPSA) is 105 Å². The van der Waals surface area contributed by atoms with Crippen LogP contribution in [0.2, 0.25) is 0 Å². The predicted molar refractivity (Wildman–Crippen MR) is 138 cm³/mol. The normalized spacial score (nSPS) is 14.7. The van der Waals surface area contributed by atoms with E-state index in [1.165, 1.54) is 17.4 Å². The van der Waals surface area contributed by atoms with E-state index < -0.39 is 15.9 Å². The number of nitrogens with one attached hydrogen (secondary N) is 1. The minimum atomic E-state index is -3.69. The van der Waals surface area contributed by atoms with Gasteiger partial charge in [0.1, 0.15) is 0 Å². The number of aromatic nitrogens is 2. The molecule has 10 heteroatoms. The molecule has 4 rings (SSSR count). The lowest BCUT2D eigenvalue weighted by atomic mass is 10.1. The number of rotatable bonds is 7. The van der Waals surface area contributed by atoms with Crippen molar-refractivity contribution in [2.24, 2.45) is 7.05 Å². The fourth-order valence-electron chi connectivity index (χ4n) is 4.52. The first-order valence-electron chi connectivity index (χ1n) is 11.9. The second-order valence-electron chi connectivity index (χ2n) is 8.59. The molecule has 35 heavy (non-hydrogen) atoms. The van der Waals surface area contributed by atoms with Crippen LogP contribution in [-0.2, 0) is 17.1 Å². The van der Waals surface area contributed by atoms with Crippen LogP contribution in [0.25, 0.3) is 10.8 Å². The Morgan fingerprint density at radius 3 is 2.34 bits per heavy atom. The number of anilines is 2. The Morgan fingerprint density at radius 2 is 1.69 bits per heavy atom. The first-order valence-corrected chi connectivity index (χ1v) is 13.4. The fraction of sp³-hybridized carbons (Fsp3) is 0.400. The Bertz CT molecular complexity index is 1410. The highest BCUT2D eigenvalue weighted by Crippen LogP contribution is 2.31. The van der Waals surface area contributed by atoms with E-state index in [4.69, 9.17) is 0 Å². The van der Waals surface area contributed by atoms with Gasteiger partial charge in [-0.3, -0.25) is 9.59 Å². The molecule has 2 aromatic carbocycles. The highest BCUT2D eigenvalue weighted by molar-refractivity contribution is 7.89. The summed E-state index contributed by atoms with van der Waals surface area (Å²) in [5, 5.41) is 7.93. The third-order valence-corrected chi connectivity index (χ3v) is 8.34. The summed E-state index contributed by atoms with van der Waals surface area (Å²) >= 11 is 0. The molecule has 1 N–H and O–H groups in total. The summed E-state index contributed by atoms with van der Waals surface area (Å²) in [5.74, 6) is -0.516. The Hall–Kier alpha value is -3.24. The summed E-state index contributed by atoms with van der Waals surface area (Å²) in [6.45, 7) is 6.34. The molecule has 1 saturated heterocycles. The van der Waals surface area contributed by atoms with E-state index in [1.54, 1.807) is 36.4 Å². The van der Waals surface area contributed by atoms with Gasteiger partial charge in [0, 0.05) is 38.6 Å². The van der Waals surface area contributed by atoms with Crippen molar-refractivity contribution in [2.45, 2.75) is 38.0 Å². The van der Waals surface area contributed by atoms with Gasteiger partial charge < -0.3 is 10.2 Å². The molecule has 0 atom stereocenters. The zero-order valence-corrected chi connectivity index (χ0v) is 21.1. The maximum atomic E-state index is 13.4. The predicted octanol–water partition coefficient (Wildman–Crippen LogP) is 3.21. The van der Waals surface area contributed by atoms with Crippen molar-refractivity contribution in [3.63, 3.8) is 0 Å². The molecule has 1 fully saturated rings. The Balaban J connectivity index is 1.79. The van der Waals surface area contributed by atoms with Gasteiger partial charge in [0.25, 0.3) is 11.5 Å². The third kappa shape index (κ3) is 4.81. The van der Waals surface area contributed by atoms with E-state index in [2.05, 4.69) is 10.4 Å². The van der Waals surface area contributed by atoms with Gasteiger partial charge >= 0.3 is 0 Å². The molecule has 0 unspecified atom stereocenters. The van der Waals surface area contributed by atoms with Crippen LogP contribution in [0.4, 0.5) is 11.4 Å². The number of fused-ring (bicyclic) bond motifs is 1. The Morgan fingerprint density at radius 1 is 1.03 bits per heavy atom. The first kappa shape index (κ1) is 24.9. The zero-order valence-electron chi connectivity index (χ0n) is 20.3. The summed E-state index contributed by atoms with van der Waals surface area (Å²) in [5.41, 5.74) is 0.902. The van der Waals surface area contributed by atoms with Crippen LogP contribution in [-0.4, -0.2) is 54.6 Å². The molecule has 1 aliphatic heterocycles. The van der Waals surface area contributed by atoms with Crippen LogP contribution in [0.3, 0.4) is 0 Å². The minimum absolute atomic E-state index is 0.0949. The van der Waals surface area contributed by atoms with Crippen LogP contribution in [0.5, 0.6) is 0 Å². The third-order valence-electron chi connectivity index (χ3n) is 6.44. The molecule has 9 nitrogen and oxygen atoms in total. The van der Waals surface area contributed by atoms with Gasteiger partial charge in [-0.15, -0.1) is 0 Å². The molecule has 3 aromatic rings. The number of piperidine rings is 1. The number of nitrogens with zero attached hydrogens (tertiary/aromatic N) is 4. The number of hydrogen-bond acceptors (Lipinski definition) is 6. The minimum Gasteiger partial charge on any atom is -0.370 e. The average Bonchev–Trinajstić information content (AvgIpc) is 2.88. The van der Waals surface area contributed by atoms with Crippen molar-refractivity contribution in [1.29, 1.82) is 0 Å². The van der Waals surface area contributed by atoms with E-state index >= 15 is 0 Å². The summed E-state index contributed by atoms with van der Waals surface area (Å²) in [7, 11) is -2.19. The smallest absolute Gasteiger partial charge is 0.276 e. The van der Waals surface area contributed by atoms with Gasteiger partial charge in [-0.05, 0) is 51.0 Å². The number of carbonyl (C=O) groups is 1. The molecular weight excluding hydrogens is 466 g/mol. The van der Waals surface area contributed by atoms with Crippen LogP contribution < -0.4 is 15.8 Å². The van der Waals surface area contributed by atoms with Crippen molar-refractivity contribution in [1.82, 2.24) is 14.1 Å². The lowest BCUT2D eigenvalue weighted by Crippen LogP contribution is -2.35. The summed E-state index contributed by atoms with van der Waals surface area (Å²) in [4.78, 5) is 28.1. The largest absolute Gasteiger partial charge is 0.370 e. The fourth-order valence-corrected chi connectivity index (χ4v) is 6.06. The van der Waals surface area contributed by atoms with E-state index in [-0.39, 0.29) is 16.1 Å². The van der Waals surface area contributed by atoms with Gasteiger partial charge in [-0.2, -0.15) is 9.40 Å². The molecule has 0 radical (unpaired) electrons. The molecule has 1 aromatic heterocycles. The summed E-state index contributed by atoms with van der Waals surface area (Å²) < 4.78 is 29.3. The Kier molecular flexibility index (Phi) is 7.23. The van der Waals surface area contributed by atoms with E-state index in [0.717, 1.165) is 29.6 Å². The van der Waals surface area contributed by atoms with Gasteiger partial charge in [0.05, 0.1) is 21.7 Å². The lowest BCUT2D eigenvalue weighted by Gasteiger charge is -2.28. The maximum absolute atomic E-state index is 13.4. The van der Waals surface area contributed by atoms with Crippen molar-refractivity contribution in [3.8, 4) is 0 Å². The molecule has 2 heterocycles. The van der Waals surface area contributed by atoms with E-state index in [1.807, 2.05) is 18.7 Å². The second kappa shape index (κ2) is 10.2. The number of amides is 1. The SMILES string of the molecule is CCN(CC)c1ccc(S(=O)(=O)N2CCCCC2)cc1NC(=O)c1nn(C)c(=O)c2ccccc12. The van der Waals surface area contributed by atoms with E-state index in [9.17, 15) is 18.0 Å². The Labute approximate surface area is 205 Å². The molecule has 0 aliphatic carbocycles. The number of sulfonamides is 1. The van der Waals surface area contributed by atoms with Gasteiger partial charge in [0.15, 0.2) is 5.69 Å². The van der Waals surface area contributed by atoms with Crippen molar-refractivity contribution >= 4 is 38.1 Å². The number of hydrogen-bond donors (Lipinski definition) is 1. The molecular formula is C25H31N5O4S. The van der Waals surface area contributed by atoms with Crippen molar-refractivity contribution in [3.05, 3.63) is 58.5 Å². The maximum Gasteiger partial charge on any atom is 0.276 e. The summed E-state index contributed by atoms with van der Waals surface area (Å²) in [6.07, 6.45) is 2.70. The molecule has 186 valence electrons. The van der Waals surface area contributed by atoms with E-state index in [0.29, 0.717) is 42.6 Å². The standard InChI is InChI=1S/C25H31N5O4S/c1-4-29(5-2)22-14-13-18(35(33,34)30-15-9-6-10-16-30)17-21(22)26-24(31)23-19-11-7-8-12-20(19)25(32)28(3)27-23/h7-8,11-14,17H,4-6,9-10,15-16H2,1-3H3,(H,26,31). The van der Waals surface area contributed by atoms with Crippen LogP contribution in [0, 0.1) is 0 Å². The van der Waals surface area contributed by atoms with Crippen LogP contribution in [0.15, 0.2) is 52.2 Å². The second-order valence-corrected chi connectivity index (χ2v) is 10.5. The summed E-state index contributed by atoms with van der Waals surface area (Å²) in [6, 6.07) is 11.7. The van der Waals surface area contributed by atoms with Gasteiger partial charge in [-0.1, -0.05) is 24.6 Å². The highest BCUT2D eigenvalue weighted by atomic mass is 32.2. The molecule has 0 spiro atoms. The van der Waals surface area contributed by atoms with Gasteiger partial charge in [0.2, 0.25) is 10.0 Å². The molecule has 0 bridgehead atoms. The molecule has 1 aliphatic rings. The highest BCUT2D eigenvalue weighted by Gasteiger charge is 2.27. The first-order chi connectivity index (χ1) is 16.8. The molecule has 0 saturated carbocycles. The number of carbonyl (C=O) groups excluding carboxylic acids is 1. The quantitative estimate of drug-likeness (QED) is 0.538. The molecule has 1 amide bonds. The van der Waals surface area contributed by atoms with Crippen molar-refractivity contribution in [2.75, 3.05) is 36.4 Å². The van der Waals surface area contributed by atoms with Gasteiger partial charge in [-0.25, -0.2) is 13.1 Å². The zero-order chi connectivity index (χ0) is 25.2.